The minimum Gasteiger partial charge on any atom is -0.493 e. The topological polar surface area (TPSA) is 77.5 Å². The first-order valence-corrected chi connectivity index (χ1v) is 7.57. The minimum atomic E-state index is -3.68. The van der Waals surface area contributed by atoms with Gasteiger partial charge in [0, 0.05) is 17.6 Å². The molecular formula is C11H12N2O4S2. The smallest absolute Gasteiger partial charge is 0.263 e. The van der Waals surface area contributed by atoms with Crippen LogP contribution in [0.15, 0.2) is 34.7 Å². The Morgan fingerprint density at radius 1 is 1.21 bits per heavy atom. The lowest BCUT2D eigenvalue weighted by Gasteiger charge is -2.10. The maximum Gasteiger partial charge on any atom is 0.263 e. The van der Waals surface area contributed by atoms with Crippen molar-refractivity contribution in [2.24, 2.45) is 0 Å². The summed E-state index contributed by atoms with van der Waals surface area (Å²) in [5.74, 6) is 0.820. The molecule has 2 aromatic rings. The van der Waals surface area contributed by atoms with Crippen molar-refractivity contribution >= 4 is 26.5 Å². The van der Waals surface area contributed by atoms with E-state index < -0.39 is 10.0 Å². The highest BCUT2D eigenvalue weighted by Crippen LogP contribution is 2.30. The normalized spacial score (nSPS) is 11.1. The lowest BCUT2D eigenvalue weighted by Crippen LogP contribution is -2.12. The molecule has 0 radical (unpaired) electrons. The molecule has 0 amide bonds. The molecule has 102 valence electrons. The van der Waals surface area contributed by atoms with Crippen molar-refractivity contribution in [3.63, 3.8) is 0 Å². The number of anilines is 1. The first-order chi connectivity index (χ1) is 9.06. The Bertz CT molecular complexity index is 653. The van der Waals surface area contributed by atoms with Gasteiger partial charge in [-0.3, -0.25) is 4.72 Å². The second-order valence-electron chi connectivity index (χ2n) is 3.46. The molecule has 6 nitrogen and oxygen atoms in total. The van der Waals surface area contributed by atoms with Crippen LogP contribution in [0.2, 0.25) is 0 Å². The summed E-state index contributed by atoms with van der Waals surface area (Å²) in [6.45, 7) is 0. The van der Waals surface area contributed by atoms with Crippen LogP contribution in [0, 0.1) is 0 Å². The zero-order chi connectivity index (χ0) is 13.9. The molecular weight excluding hydrogens is 288 g/mol. The first-order valence-electron chi connectivity index (χ1n) is 5.21. The van der Waals surface area contributed by atoms with Gasteiger partial charge in [-0.1, -0.05) is 0 Å². The Morgan fingerprint density at radius 2 is 1.95 bits per heavy atom. The quantitative estimate of drug-likeness (QED) is 0.913. The summed E-state index contributed by atoms with van der Waals surface area (Å²) >= 11 is 1.20. The molecule has 0 saturated heterocycles. The van der Waals surface area contributed by atoms with E-state index in [4.69, 9.17) is 9.47 Å². The molecule has 1 heterocycles. The van der Waals surface area contributed by atoms with Crippen LogP contribution in [-0.2, 0) is 10.0 Å². The highest BCUT2D eigenvalue weighted by Gasteiger charge is 2.18. The zero-order valence-corrected chi connectivity index (χ0v) is 11.9. The van der Waals surface area contributed by atoms with Gasteiger partial charge in [-0.05, 0) is 12.1 Å². The molecule has 8 heteroatoms. The minimum absolute atomic E-state index is 0.0837. The number of hydrogen-bond donors (Lipinski definition) is 1. The van der Waals surface area contributed by atoms with Gasteiger partial charge in [0.1, 0.15) is 0 Å². The molecule has 0 fully saturated rings. The van der Waals surface area contributed by atoms with Crippen molar-refractivity contribution in [2.45, 2.75) is 4.90 Å². The van der Waals surface area contributed by atoms with E-state index in [-0.39, 0.29) is 4.90 Å². The number of rotatable bonds is 5. The predicted molar refractivity (Wildman–Crippen MR) is 72.5 cm³/mol. The van der Waals surface area contributed by atoms with Gasteiger partial charge in [-0.25, -0.2) is 13.4 Å². The van der Waals surface area contributed by atoms with E-state index in [2.05, 4.69) is 9.71 Å². The van der Waals surface area contributed by atoms with E-state index in [0.29, 0.717) is 16.6 Å². The van der Waals surface area contributed by atoms with E-state index in [1.807, 2.05) is 0 Å². The van der Waals surface area contributed by atoms with E-state index in [1.54, 1.807) is 5.38 Å². The van der Waals surface area contributed by atoms with Gasteiger partial charge in [0.05, 0.1) is 19.1 Å². The van der Waals surface area contributed by atoms with Crippen LogP contribution in [0.5, 0.6) is 11.5 Å². The molecule has 2 rings (SSSR count). The van der Waals surface area contributed by atoms with Crippen molar-refractivity contribution in [1.29, 1.82) is 0 Å². The Morgan fingerprint density at radius 3 is 2.53 bits per heavy atom. The second-order valence-corrected chi connectivity index (χ2v) is 6.04. The number of benzene rings is 1. The van der Waals surface area contributed by atoms with Crippen LogP contribution in [0.1, 0.15) is 0 Å². The summed E-state index contributed by atoms with van der Waals surface area (Å²) in [5, 5.41) is 2.00. The van der Waals surface area contributed by atoms with Crippen LogP contribution in [0.4, 0.5) is 5.13 Å². The number of sulfonamides is 1. The molecule has 0 spiro atoms. The summed E-state index contributed by atoms with van der Waals surface area (Å²) in [5.41, 5.74) is 0. The third kappa shape index (κ3) is 2.96. The van der Waals surface area contributed by atoms with Crippen molar-refractivity contribution in [1.82, 2.24) is 4.98 Å². The number of aromatic nitrogens is 1. The van der Waals surface area contributed by atoms with Gasteiger partial charge in [0.25, 0.3) is 10.0 Å². The molecule has 0 aliphatic rings. The summed E-state index contributed by atoms with van der Waals surface area (Å²) in [7, 11) is -0.746. The third-order valence-electron chi connectivity index (χ3n) is 2.32. The third-order valence-corrected chi connectivity index (χ3v) is 4.47. The van der Waals surface area contributed by atoms with Crippen LogP contribution in [-0.4, -0.2) is 27.6 Å². The van der Waals surface area contributed by atoms with Crippen molar-refractivity contribution < 1.29 is 17.9 Å². The number of nitrogens with zero attached hydrogens (tertiary/aromatic N) is 1. The Labute approximate surface area is 115 Å². The average molecular weight is 300 g/mol. The molecule has 1 aromatic carbocycles. The number of methoxy groups -OCH3 is 2. The van der Waals surface area contributed by atoms with Gasteiger partial charge in [0.2, 0.25) is 0 Å². The summed E-state index contributed by atoms with van der Waals surface area (Å²) in [4.78, 5) is 3.96. The molecule has 0 unspecified atom stereocenters. The van der Waals surface area contributed by atoms with Gasteiger partial charge in [-0.15, -0.1) is 11.3 Å². The van der Waals surface area contributed by atoms with Crippen molar-refractivity contribution in [2.75, 3.05) is 18.9 Å². The molecule has 0 saturated carbocycles. The number of hydrogen-bond acceptors (Lipinski definition) is 6. The SMILES string of the molecule is COc1ccc(S(=O)(=O)Nc2nccs2)cc1OC. The van der Waals surface area contributed by atoms with Crippen LogP contribution in [0.3, 0.4) is 0 Å². The van der Waals surface area contributed by atoms with Crippen molar-refractivity contribution in [3.05, 3.63) is 29.8 Å². The highest BCUT2D eigenvalue weighted by molar-refractivity contribution is 7.93. The number of thiazole rings is 1. The Kier molecular flexibility index (Phi) is 3.91. The first kappa shape index (κ1) is 13.6. The lowest BCUT2D eigenvalue weighted by atomic mass is 10.3. The van der Waals surface area contributed by atoms with Gasteiger partial charge < -0.3 is 9.47 Å². The fourth-order valence-electron chi connectivity index (χ4n) is 1.43. The fourth-order valence-corrected chi connectivity index (χ4v) is 3.24. The molecule has 0 bridgehead atoms. The van der Waals surface area contributed by atoms with Gasteiger partial charge >= 0.3 is 0 Å². The largest absolute Gasteiger partial charge is 0.493 e. The maximum atomic E-state index is 12.1. The predicted octanol–water partition coefficient (Wildman–Crippen LogP) is 1.96. The molecule has 19 heavy (non-hydrogen) atoms. The lowest BCUT2D eigenvalue weighted by molar-refractivity contribution is 0.354. The summed E-state index contributed by atoms with van der Waals surface area (Å²) < 4.78 is 36.8. The van der Waals surface area contributed by atoms with Crippen LogP contribution in [0.25, 0.3) is 0 Å². The van der Waals surface area contributed by atoms with Gasteiger partial charge in [-0.2, -0.15) is 0 Å². The monoisotopic (exact) mass is 300 g/mol. The molecule has 1 N–H and O–H groups in total. The Hall–Kier alpha value is -1.80. The van der Waals surface area contributed by atoms with Crippen molar-refractivity contribution in [3.8, 4) is 11.5 Å². The standard InChI is InChI=1S/C11H12N2O4S2/c1-16-9-4-3-8(7-10(9)17-2)19(14,15)13-11-12-5-6-18-11/h3-7H,1-2H3,(H,12,13). The fraction of sp³-hybridized carbons (Fsp3) is 0.182. The van der Waals surface area contributed by atoms with E-state index in [9.17, 15) is 8.42 Å². The summed E-state index contributed by atoms with van der Waals surface area (Å²) in [6.07, 6.45) is 1.52. The number of ether oxygens (including phenoxy) is 2. The molecule has 0 aliphatic heterocycles. The van der Waals surface area contributed by atoms with Crippen LogP contribution < -0.4 is 14.2 Å². The van der Waals surface area contributed by atoms with Crippen LogP contribution >= 0.6 is 11.3 Å². The second kappa shape index (κ2) is 5.45. The van der Waals surface area contributed by atoms with E-state index >= 15 is 0 Å². The Balaban J connectivity index is 2.35. The average Bonchev–Trinajstić information content (AvgIpc) is 2.89. The van der Waals surface area contributed by atoms with Gasteiger partial charge in [0.15, 0.2) is 16.6 Å². The van der Waals surface area contributed by atoms with E-state index in [0.717, 1.165) is 0 Å². The molecule has 0 atom stereocenters. The number of nitrogens with one attached hydrogen (secondary N) is 1. The summed E-state index contributed by atoms with van der Waals surface area (Å²) in [6, 6.07) is 4.38. The zero-order valence-electron chi connectivity index (χ0n) is 10.3. The van der Waals surface area contributed by atoms with E-state index in [1.165, 1.54) is 50.0 Å². The maximum absolute atomic E-state index is 12.1. The molecule has 0 aliphatic carbocycles. The highest BCUT2D eigenvalue weighted by atomic mass is 32.2. The molecule has 1 aromatic heterocycles.